The third kappa shape index (κ3) is 2.73. The maximum Gasteiger partial charge on any atom is 0.325 e. The number of hydrogen-bond donors (Lipinski definition) is 2. The van der Waals surface area contributed by atoms with Crippen LogP contribution in [0.5, 0.6) is 0 Å². The highest BCUT2D eigenvalue weighted by Crippen LogP contribution is 2.05. The first-order valence-corrected chi connectivity index (χ1v) is 4.61. The largest absolute Gasteiger partial charge is 0.325 e. The molecule has 1 heterocycles. The maximum atomic E-state index is 11.2. The fourth-order valence-corrected chi connectivity index (χ4v) is 1.11. The van der Waals surface area contributed by atoms with Crippen LogP contribution in [-0.4, -0.2) is 9.97 Å². The second-order valence-corrected chi connectivity index (χ2v) is 3.20. The van der Waals surface area contributed by atoms with Crippen molar-refractivity contribution in [1.29, 1.82) is 0 Å². The number of nitrogens with one attached hydrogen (secondary N) is 2. The van der Waals surface area contributed by atoms with Crippen molar-refractivity contribution in [2.75, 3.05) is 0 Å². The van der Waals surface area contributed by atoms with Gasteiger partial charge in [0.1, 0.15) is 0 Å². The first-order chi connectivity index (χ1) is 6.63. The minimum atomic E-state index is -0.465. The van der Waals surface area contributed by atoms with Crippen LogP contribution >= 0.6 is 0 Å². The Balaban J connectivity index is 2.73. The van der Waals surface area contributed by atoms with Crippen molar-refractivity contribution in [3.63, 3.8) is 0 Å². The molecule has 0 bridgehead atoms. The van der Waals surface area contributed by atoms with E-state index in [2.05, 4.69) is 16.5 Å². The molecule has 0 spiro atoms. The molecular weight excluding hydrogens is 180 g/mol. The third-order valence-corrected chi connectivity index (χ3v) is 2.14. The standard InChI is InChI=1S/C10H14N2O2/c1-3-7(2)4-5-8-6-11-10(14)12-9(8)13/h6H,2-5H2,1H3,(H2,11,12,13,14). The smallest absolute Gasteiger partial charge is 0.314 e. The van der Waals surface area contributed by atoms with Crippen molar-refractivity contribution < 1.29 is 0 Å². The van der Waals surface area contributed by atoms with Gasteiger partial charge in [-0.1, -0.05) is 19.1 Å². The Labute approximate surface area is 81.7 Å². The van der Waals surface area contributed by atoms with E-state index in [1.54, 1.807) is 0 Å². The Morgan fingerprint density at radius 2 is 2.21 bits per heavy atom. The van der Waals surface area contributed by atoms with Gasteiger partial charge in [0.15, 0.2) is 0 Å². The molecule has 1 aromatic rings. The quantitative estimate of drug-likeness (QED) is 0.701. The number of allylic oxidation sites excluding steroid dienone is 1. The van der Waals surface area contributed by atoms with E-state index < -0.39 is 5.69 Å². The summed E-state index contributed by atoms with van der Waals surface area (Å²) in [5.74, 6) is 0. The number of hydrogen-bond acceptors (Lipinski definition) is 2. The molecule has 0 amide bonds. The van der Waals surface area contributed by atoms with E-state index in [0.29, 0.717) is 12.0 Å². The van der Waals surface area contributed by atoms with E-state index in [-0.39, 0.29) is 5.56 Å². The lowest BCUT2D eigenvalue weighted by molar-refractivity contribution is 0.857. The Kier molecular flexibility index (Phi) is 3.45. The highest BCUT2D eigenvalue weighted by atomic mass is 16.2. The molecule has 0 aliphatic rings. The van der Waals surface area contributed by atoms with Gasteiger partial charge in [0.25, 0.3) is 5.56 Å². The van der Waals surface area contributed by atoms with Crippen LogP contribution in [0.3, 0.4) is 0 Å². The Morgan fingerprint density at radius 3 is 2.79 bits per heavy atom. The monoisotopic (exact) mass is 194 g/mol. The van der Waals surface area contributed by atoms with Crippen LogP contribution in [0.15, 0.2) is 27.9 Å². The van der Waals surface area contributed by atoms with Gasteiger partial charge in [-0.2, -0.15) is 0 Å². The Morgan fingerprint density at radius 1 is 1.50 bits per heavy atom. The van der Waals surface area contributed by atoms with E-state index >= 15 is 0 Å². The topological polar surface area (TPSA) is 65.7 Å². The zero-order valence-corrected chi connectivity index (χ0v) is 8.22. The number of aryl methyl sites for hydroxylation is 1. The number of aromatic amines is 2. The summed E-state index contributed by atoms with van der Waals surface area (Å²) in [6.45, 7) is 5.88. The molecule has 0 atom stereocenters. The first kappa shape index (κ1) is 10.5. The SMILES string of the molecule is C=C(CC)CCc1c[nH]c(=O)[nH]c1=O. The van der Waals surface area contributed by atoms with E-state index in [1.807, 2.05) is 6.92 Å². The van der Waals surface area contributed by atoms with Crippen LogP contribution in [0, 0.1) is 0 Å². The van der Waals surface area contributed by atoms with Gasteiger partial charge in [0, 0.05) is 11.8 Å². The maximum absolute atomic E-state index is 11.2. The summed E-state index contributed by atoms with van der Waals surface area (Å²) >= 11 is 0. The molecule has 0 aromatic carbocycles. The lowest BCUT2D eigenvalue weighted by atomic mass is 10.1. The van der Waals surface area contributed by atoms with Crippen molar-refractivity contribution in [1.82, 2.24) is 9.97 Å². The molecule has 1 rings (SSSR count). The lowest BCUT2D eigenvalue weighted by Crippen LogP contribution is -2.24. The van der Waals surface area contributed by atoms with Gasteiger partial charge < -0.3 is 4.98 Å². The van der Waals surface area contributed by atoms with Gasteiger partial charge in [-0.25, -0.2) is 4.79 Å². The fourth-order valence-electron chi connectivity index (χ4n) is 1.11. The molecule has 1 aromatic heterocycles. The van der Waals surface area contributed by atoms with E-state index in [0.717, 1.165) is 18.4 Å². The summed E-state index contributed by atoms with van der Waals surface area (Å²) in [5.41, 5.74) is 0.931. The minimum Gasteiger partial charge on any atom is -0.314 e. The Bertz CT molecular complexity index is 428. The number of rotatable bonds is 4. The van der Waals surface area contributed by atoms with E-state index in [9.17, 15) is 9.59 Å². The van der Waals surface area contributed by atoms with Crippen molar-refractivity contribution in [3.8, 4) is 0 Å². The van der Waals surface area contributed by atoms with Crippen LogP contribution in [0.4, 0.5) is 0 Å². The zero-order chi connectivity index (χ0) is 10.6. The summed E-state index contributed by atoms with van der Waals surface area (Å²) in [6, 6.07) is 0. The Hall–Kier alpha value is -1.58. The van der Waals surface area contributed by atoms with Gasteiger partial charge in [-0.15, -0.1) is 0 Å². The molecule has 0 fully saturated rings. The second-order valence-electron chi connectivity index (χ2n) is 3.20. The number of aromatic nitrogens is 2. The molecule has 0 unspecified atom stereocenters. The molecule has 14 heavy (non-hydrogen) atoms. The molecular formula is C10H14N2O2. The first-order valence-electron chi connectivity index (χ1n) is 4.61. The molecule has 0 radical (unpaired) electrons. The van der Waals surface area contributed by atoms with Crippen LogP contribution in [0.2, 0.25) is 0 Å². The summed E-state index contributed by atoms with van der Waals surface area (Å²) < 4.78 is 0. The molecule has 0 saturated heterocycles. The van der Waals surface area contributed by atoms with E-state index in [4.69, 9.17) is 0 Å². The van der Waals surface area contributed by atoms with E-state index in [1.165, 1.54) is 6.20 Å². The molecule has 0 saturated carbocycles. The summed E-state index contributed by atoms with van der Waals surface area (Å²) in [5, 5.41) is 0. The van der Waals surface area contributed by atoms with Crippen LogP contribution in [-0.2, 0) is 6.42 Å². The van der Waals surface area contributed by atoms with Crippen LogP contribution in [0.1, 0.15) is 25.3 Å². The molecule has 4 nitrogen and oxygen atoms in total. The van der Waals surface area contributed by atoms with Gasteiger partial charge in [0.2, 0.25) is 0 Å². The third-order valence-electron chi connectivity index (χ3n) is 2.14. The van der Waals surface area contributed by atoms with Crippen molar-refractivity contribution in [2.45, 2.75) is 26.2 Å². The minimum absolute atomic E-state index is 0.308. The molecule has 0 aliphatic heterocycles. The predicted octanol–water partition coefficient (Wildman–Crippen LogP) is 0.962. The van der Waals surface area contributed by atoms with Crippen LogP contribution in [0.25, 0.3) is 0 Å². The number of H-pyrrole nitrogens is 2. The molecule has 2 N–H and O–H groups in total. The highest BCUT2D eigenvalue weighted by molar-refractivity contribution is 5.06. The van der Waals surface area contributed by atoms with Crippen molar-refractivity contribution in [3.05, 3.63) is 44.8 Å². The molecule has 0 aliphatic carbocycles. The lowest BCUT2D eigenvalue weighted by Gasteiger charge is -2.00. The van der Waals surface area contributed by atoms with Crippen LogP contribution < -0.4 is 11.2 Å². The second kappa shape index (κ2) is 4.60. The molecule has 76 valence electrons. The van der Waals surface area contributed by atoms with Crippen molar-refractivity contribution >= 4 is 0 Å². The zero-order valence-electron chi connectivity index (χ0n) is 8.22. The summed E-state index contributed by atoms with van der Waals surface area (Å²) in [7, 11) is 0. The van der Waals surface area contributed by atoms with Gasteiger partial charge >= 0.3 is 5.69 Å². The summed E-state index contributed by atoms with van der Waals surface area (Å²) in [6.07, 6.45) is 3.79. The van der Waals surface area contributed by atoms with Crippen molar-refractivity contribution in [2.24, 2.45) is 0 Å². The molecule has 4 heteroatoms. The predicted molar refractivity (Wildman–Crippen MR) is 55.4 cm³/mol. The average Bonchev–Trinajstić information content (AvgIpc) is 2.16. The summed E-state index contributed by atoms with van der Waals surface area (Å²) in [4.78, 5) is 26.6. The van der Waals surface area contributed by atoms with Gasteiger partial charge in [-0.05, 0) is 19.3 Å². The fraction of sp³-hybridized carbons (Fsp3) is 0.400. The normalized spacial score (nSPS) is 10.1. The highest BCUT2D eigenvalue weighted by Gasteiger charge is 2.00. The van der Waals surface area contributed by atoms with Gasteiger partial charge in [0.05, 0.1) is 0 Å². The average molecular weight is 194 g/mol. The van der Waals surface area contributed by atoms with Gasteiger partial charge in [-0.3, -0.25) is 9.78 Å².